The van der Waals surface area contributed by atoms with Crippen molar-refractivity contribution in [2.45, 2.75) is 31.1 Å². The largest absolute Gasteiger partial charge is 0.351 e. The maximum Gasteiger partial charge on any atom is 0.251 e. The zero-order valence-corrected chi connectivity index (χ0v) is 13.6. The van der Waals surface area contributed by atoms with Crippen molar-refractivity contribution < 1.29 is 13.2 Å². The molecule has 1 aromatic carbocycles. The molecule has 0 aliphatic heterocycles. The molecule has 0 saturated heterocycles. The van der Waals surface area contributed by atoms with E-state index in [0.717, 1.165) is 19.3 Å². The molecule has 0 atom stereocenters. The number of amides is 1. The van der Waals surface area contributed by atoms with Crippen LogP contribution in [-0.4, -0.2) is 20.9 Å². The minimum absolute atomic E-state index is 0.0817. The van der Waals surface area contributed by atoms with Crippen molar-refractivity contribution in [2.24, 2.45) is 10.6 Å². The van der Waals surface area contributed by atoms with Crippen LogP contribution in [0.25, 0.3) is 0 Å². The molecule has 0 aromatic heterocycles. The molecule has 0 bridgehead atoms. The van der Waals surface area contributed by atoms with E-state index < -0.39 is 10.0 Å². The van der Waals surface area contributed by atoms with Gasteiger partial charge in [0.15, 0.2) is 0 Å². The van der Waals surface area contributed by atoms with Crippen molar-refractivity contribution in [3.8, 4) is 0 Å². The highest BCUT2D eigenvalue weighted by Crippen LogP contribution is 2.47. The van der Waals surface area contributed by atoms with Crippen LogP contribution in [0.2, 0.25) is 0 Å². The lowest BCUT2D eigenvalue weighted by molar-refractivity contribution is 0.0944. The molecular formula is C13H17BrN2O3S. The van der Waals surface area contributed by atoms with Gasteiger partial charge in [0, 0.05) is 16.6 Å². The summed E-state index contributed by atoms with van der Waals surface area (Å²) in [4.78, 5) is 12.0. The fourth-order valence-electron chi connectivity index (χ4n) is 2.06. The molecule has 20 heavy (non-hydrogen) atoms. The van der Waals surface area contributed by atoms with E-state index in [9.17, 15) is 13.2 Å². The van der Waals surface area contributed by atoms with E-state index in [-0.39, 0.29) is 16.2 Å². The van der Waals surface area contributed by atoms with Crippen molar-refractivity contribution in [3.63, 3.8) is 0 Å². The van der Waals surface area contributed by atoms with Gasteiger partial charge in [0.05, 0.1) is 4.90 Å². The van der Waals surface area contributed by atoms with Crippen molar-refractivity contribution >= 4 is 31.9 Å². The molecule has 0 heterocycles. The topological polar surface area (TPSA) is 89.3 Å². The molecule has 1 aliphatic carbocycles. The van der Waals surface area contributed by atoms with Crippen LogP contribution in [0.1, 0.15) is 36.5 Å². The fraction of sp³-hybridized carbons (Fsp3) is 0.462. The fourth-order valence-corrected chi connectivity index (χ4v) is 3.62. The lowest BCUT2D eigenvalue weighted by Crippen LogP contribution is -2.30. The highest BCUT2D eigenvalue weighted by Gasteiger charge is 2.40. The maximum absolute atomic E-state index is 12.1. The Morgan fingerprint density at radius 3 is 2.60 bits per heavy atom. The number of benzene rings is 1. The average molecular weight is 361 g/mol. The molecule has 7 heteroatoms. The first-order valence-electron chi connectivity index (χ1n) is 6.38. The SMILES string of the molecule is CCC1(CNC(=O)c2ccc(Br)c(S(N)(=O)=O)c2)CC1. The van der Waals surface area contributed by atoms with Crippen LogP contribution in [0.4, 0.5) is 0 Å². The number of carbonyl (C=O) groups excluding carboxylic acids is 1. The normalized spacial score (nSPS) is 16.8. The Labute approximate surface area is 127 Å². The van der Waals surface area contributed by atoms with Gasteiger partial charge in [0.2, 0.25) is 10.0 Å². The second kappa shape index (κ2) is 5.46. The summed E-state index contributed by atoms with van der Waals surface area (Å²) in [5.74, 6) is -0.276. The van der Waals surface area contributed by atoms with E-state index in [2.05, 4.69) is 28.2 Å². The highest BCUT2D eigenvalue weighted by atomic mass is 79.9. The number of primary sulfonamides is 1. The Balaban J connectivity index is 2.15. The predicted molar refractivity (Wildman–Crippen MR) is 79.8 cm³/mol. The van der Waals surface area contributed by atoms with Crippen molar-refractivity contribution in [1.29, 1.82) is 0 Å². The minimum Gasteiger partial charge on any atom is -0.351 e. The summed E-state index contributed by atoms with van der Waals surface area (Å²) in [7, 11) is -3.85. The van der Waals surface area contributed by atoms with E-state index in [0.29, 0.717) is 16.6 Å². The van der Waals surface area contributed by atoms with Gasteiger partial charge in [-0.25, -0.2) is 13.6 Å². The van der Waals surface area contributed by atoms with Gasteiger partial charge in [-0.2, -0.15) is 0 Å². The Bertz CT molecular complexity index is 639. The molecule has 1 amide bonds. The number of rotatable bonds is 5. The summed E-state index contributed by atoms with van der Waals surface area (Å²) in [6, 6.07) is 4.38. The predicted octanol–water partition coefficient (Wildman–Crippen LogP) is 2.02. The van der Waals surface area contributed by atoms with E-state index in [4.69, 9.17) is 5.14 Å². The van der Waals surface area contributed by atoms with Crippen LogP contribution in [0, 0.1) is 5.41 Å². The van der Waals surface area contributed by atoms with Gasteiger partial charge in [0.1, 0.15) is 0 Å². The number of sulfonamides is 1. The molecular weight excluding hydrogens is 344 g/mol. The molecule has 0 spiro atoms. The first kappa shape index (κ1) is 15.5. The van der Waals surface area contributed by atoms with Gasteiger partial charge in [-0.05, 0) is 58.8 Å². The summed E-state index contributed by atoms with van der Waals surface area (Å²) in [6.07, 6.45) is 3.30. The molecule has 1 aliphatic rings. The van der Waals surface area contributed by atoms with Gasteiger partial charge < -0.3 is 5.32 Å². The third-order valence-corrected chi connectivity index (χ3v) is 5.74. The maximum atomic E-state index is 12.1. The van der Waals surface area contributed by atoms with Gasteiger partial charge in [0.25, 0.3) is 5.91 Å². The number of hydrogen-bond donors (Lipinski definition) is 2. The second-order valence-corrected chi connectivity index (χ2v) is 7.61. The standard InChI is InChI=1S/C13H17BrN2O3S/c1-2-13(5-6-13)8-16-12(17)9-3-4-10(14)11(7-9)20(15,18)19/h3-4,7H,2,5-6,8H2,1H3,(H,16,17)(H2,15,18,19). The lowest BCUT2D eigenvalue weighted by atomic mass is 10.0. The molecule has 0 radical (unpaired) electrons. The van der Waals surface area contributed by atoms with E-state index in [1.807, 2.05) is 0 Å². The summed E-state index contributed by atoms with van der Waals surface area (Å²) >= 11 is 3.12. The second-order valence-electron chi connectivity index (χ2n) is 5.23. The van der Waals surface area contributed by atoms with Crippen LogP contribution in [0.15, 0.2) is 27.6 Å². The Morgan fingerprint density at radius 2 is 2.10 bits per heavy atom. The van der Waals surface area contributed by atoms with Crippen LogP contribution in [0.3, 0.4) is 0 Å². The summed E-state index contributed by atoms with van der Waals surface area (Å²) in [5, 5.41) is 7.97. The van der Waals surface area contributed by atoms with Crippen molar-refractivity contribution in [2.75, 3.05) is 6.54 Å². The Kier molecular flexibility index (Phi) is 4.22. The third-order valence-electron chi connectivity index (χ3n) is 3.83. The highest BCUT2D eigenvalue weighted by molar-refractivity contribution is 9.10. The molecule has 1 fully saturated rings. The van der Waals surface area contributed by atoms with Crippen molar-refractivity contribution in [1.82, 2.24) is 5.32 Å². The molecule has 1 saturated carbocycles. The number of halogens is 1. The number of hydrogen-bond acceptors (Lipinski definition) is 3. The summed E-state index contributed by atoms with van der Waals surface area (Å²) < 4.78 is 23.2. The minimum atomic E-state index is -3.85. The third kappa shape index (κ3) is 3.39. The number of nitrogens with one attached hydrogen (secondary N) is 1. The van der Waals surface area contributed by atoms with Crippen molar-refractivity contribution in [3.05, 3.63) is 28.2 Å². The Hall–Kier alpha value is -0.920. The first-order chi connectivity index (χ1) is 9.27. The molecule has 110 valence electrons. The molecule has 1 aromatic rings. The van der Waals surface area contributed by atoms with Gasteiger partial charge >= 0.3 is 0 Å². The molecule has 0 unspecified atom stereocenters. The molecule has 3 N–H and O–H groups in total. The molecule has 5 nitrogen and oxygen atoms in total. The zero-order valence-electron chi connectivity index (χ0n) is 11.1. The van der Waals surface area contributed by atoms with E-state index in [1.165, 1.54) is 12.1 Å². The van der Waals surface area contributed by atoms with Crippen LogP contribution < -0.4 is 10.5 Å². The number of nitrogens with two attached hydrogens (primary N) is 1. The average Bonchev–Trinajstić information content (AvgIpc) is 3.16. The van der Waals surface area contributed by atoms with Crippen LogP contribution >= 0.6 is 15.9 Å². The van der Waals surface area contributed by atoms with Crippen LogP contribution in [0.5, 0.6) is 0 Å². The van der Waals surface area contributed by atoms with Gasteiger partial charge in [-0.1, -0.05) is 6.92 Å². The van der Waals surface area contributed by atoms with E-state index in [1.54, 1.807) is 6.07 Å². The zero-order chi connectivity index (χ0) is 15.0. The molecule has 2 rings (SSSR count). The van der Waals surface area contributed by atoms with Gasteiger partial charge in [-0.15, -0.1) is 0 Å². The first-order valence-corrected chi connectivity index (χ1v) is 8.72. The van der Waals surface area contributed by atoms with Crippen LogP contribution in [-0.2, 0) is 10.0 Å². The summed E-state index contributed by atoms with van der Waals surface area (Å²) in [5.41, 5.74) is 0.539. The smallest absolute Gasteiger partial charge is 0.251 e. The summed E-state index contributed by atoms with van der Waals surface area (Å²) in [6.45, 7) is 2.74. The van der Waals surface area contributed by atoms with E-state index >= 15 is 0 Å². The number of carbonyl (C=O) groups is 1. The quantitative estimate of drug-likeness (QED) is 0.841. The Morgan fingerprint density at radius 1 is 1.45 bits per heavy atom. The van der Waals surface area contributed by atoms with Gasteiger partial charge in [-0.3, -0.25) is 4.79 Å². The lowest BCUT2D eigenvalue weighted by Gasteiger charge is -2.13. The monoisotopic (exact) mass is 360 g/mol.